The molecule has 3 unspecified atom stereocenters. The zero-order valence-corrected chi connectivity index (χ0v) is 14.9. The maximum absolute atomic E-state index is 6.50. The second-order valence-electron chi connectivity index (χ2n) is 7.21. The van der Waals surface area contributed by atoms with E-state index >= 15 is 0 Å². The molecule has 0 bridgehead atoms. The van der Waals surface area contributed by atoms with Gasteiger partial charge in [-0.1, -0.05) is 45.7 Å². The van der Waals surface area contributed by atoms with Crippen LogP contribution in [0, 0.1) is 11.8 Å². The van der Waals surface area contributed by atoms with Crippen molar-refractivity contribution >= 4 is 11.6 Å². The van der Waals surface area contributed by atoms with E-state index in [1.807, 2.05) is 6.20 Å². The van der Waals surface area contributed by atoms with Crippen molar-refractivity contribution in [1.29, 1.82) is 0 Å². The van der Waals surface area contributed by atoms with E-state index in [9.17, 15) is 0 Å². The smallest absolute Gasteiger partial charge is 0.0823 e. The Morgan fingerprint density at radius 3 is 2.76 bits per heavy atom. The zero-order valence-electron chi connectivity index (χ0n) is 14.1. The lowest BCUT2D eigenvalue weighted by atomic mass is 9.65. The summed E-state index contributed by atoms with van der Waals surface area (Å²) >= 11 is 6.50. The molecule has 3 nitrogen and oxygen atoms in total. The zero-order chi connectivity index (χ0) is 15.6. The Bertz CT molecular complexity index is 467. The molecule has 0 saturated heterocycles. The van der Waals surface area contributed by atoms with Crippen LogP contribution >= 0.6 is 11.6 Å². The Kier molecular flexibility index (Phi) is 5.37. The third-order valence-corrected chi connectivity index (χ3v) is 5.53. The quantitative estimate of drug-likeness (QED) is 0.881. The second kappa shape index (κ2) is 6.70. The molecule has 0 spiro atoms. The molecule has 2 rings (SSSR count). The summed E-state index contributed by atoms with van der Waals surface area (Å²) in [5.41, 5.74) is 1.25. The predicted molar refractivity (Wildman–Crippen MR) is 89.9 cm³/mol. The molecule has 1 aliphatic rings. The molecule has 1 N–H and O–H groups in total. The van der Waals surface area contributed by atoms with Crippen LogP contribution in [-0.2, 0) is 12.0 Å². The fourth-order valence-corrected chi connectivity index (χ4v) is 4.51. The fraction of sp³-hybridized carbons (Fsp3) is 0.824. The number of halogens is 1. The van der Waals surface area contributed by atoms with E-state index < -0.39 is 0 Å². The average molecular weight is 312 g/mol. The van der Waals surface area contributed by atoms with Gasteiger partial charge in [0.05, 0.1) is 16.9 Å². The van der Waals surface area contributed by atoms with Crippen LogP contribution in [0.5, 0.6) is 0 Å². The van der Waals surface area contributed by atoms with Crippen LogP contribution < -0.4 is 5.32 Å². The first kappa shape index (κ1) is 16.8. The number of aromatic nitrogens is 2. The van der Waals surface area contributed by atoms with Crippen molar-refractivity contribution in [2.45, 2.75) is 71.4 Å². The highest BCUT2D eigenvalue weighted by Gasteiger charge is 2.42. The molecule has 3 atom stereocenters. The third-order valence-electron chi connectivity index (χ3n) is 5.25. The first-order valence-corrected chi connectivity index (χ1v) is 8.68. The standard InChI is InChI=1S/C17H30ClN3/c1-6-9-21-16(14(18)11-20-21)17(3,4)13-8-7-12(2)10-15(13)19-5/h11-13,15,19H,6-10H2,1-5H3. The lowest BCUT2D eigenvalue weighted by molar-refractivity contribution is 0.145. The van der Waals surface area contributed by atoms with Crippen molar-refractivity contribution in [2.75, 3.05) is 7.05 Å². The number of nitrogens with zero attached hydrogens (tertiary/aromatic N) is 2. The normalized spacial score (nSPS) is 27.0. The summed E-state index contributed by atoms with van der Waals surface area (Å²) in [5.74, 6) is 1.41. The molecule has 0 aromatic carbocycles. The van der Waals surface area contributed by atoms with Crippen LogP contribution in [-0.4, -0.2) is 22.9 Å². The highest BCUT2D eigenvalue weighted by molar-refractivity contribution is 6.31. The summed E-state index contributed by atoms with van der Waals surface area (Å²) in [6.45, 7) is 10.2. The second-order valence-corrected chi connectivity index (χ2v) is 7.61. The summed E-state index contributed by atoms with van der Waals surface area (Å²) in [4.78, 5) is 0. The summed E-state index contributed by atoms with van der Waals surface area (Å²) in [7, 11) is 2.09. The van der Waals surface area contributed by atoms with Gasteiger partial charge in [-0.15, -0.1) is 0 Å². The molecule has 21 heavy (non-hydrogen) atoms. The van der Waals surface area contributed by atoms with Gasteiger partial charge in [-0.3, -0.25) is 4.68 Å². The Labute approximate surface area is 134 Å². The maximum atomic E-state index is 6.50. The van der Waals surface area contributed by atoms with Gasteiger partial charge in [0.15, 0.2) is 0 Å². The highest BCUT2D eigenvalue weighted by atomic mass is 35.5. The van der Waals surface area contributed by atoms with Gasteiger partial charge in [-0.05, 0) is 38.1 Å². The van der Waals surface area contributed by atoms with Gasteiger partial charge in [-0.25, -0.2) is 0 Å². The molecule has 0 radical (unpaired) electrons. The van der Waals surface area contributed by atoms with Gasteiger partial charge in [0.2, 0.25) is 0 Å². The van der Waals surface area contributed by atoms with E-state index in [0.29, 0.717) is 12.0 Å². The molecule has 1 heterocycles. The number of rotatable bonds is 5. The molecule has 1 aromatic heterocycles. The van der Waals surface area contributed by atoms with Crippen LogP contribution in [0.25, 0.3) is 0 Å². The summed E-state index contributed by atoms with van der Waals surface area (Å²) in [6.07, 6.45) is 6.72. The van der Waals surface area contributed by atoms with E-state index in [-0.39, 0.29) is 5.41 Å². The van der Waals surface area contributed by atoms with Gasteiger partial charge in [0.25, 0.3) is 0 Å². The molecule has 120 valence electrons. The molecule has 1 aliphatic carbocycles. The monoisotopic (exact) mass is 311 g/mol. The van der Waals surface area contributed by atoms with Crippen LogP contribution in [0.15, 0.2) is 6.20 Å². The van der Waals surface area contributed by atoms with Gasteiger partial charge in [0, 0.05) is 18.0 Å². The average Bonchev–Trinajstić information content (AvgIpc) is 2.80. The van der Waals surface area contributed by atoms with Gasteiger partial charge in [-0.2, -0.15) is 5.10 Å². The minimum Gasteiger partial charge on any atom is -0.317 e. The summed E-state index contributed by atoms with van der Waals surface area (Å²) in [6, 6.07) is 0.560. The Morgan fingerprint density at radius 1 is 1.43 bits per heavy atom. The van der Waals surface area contributed by atoms with Crippen LogP contribution in [0.1, 0.15) is 59.1 Å². The number of nitrogens with one attached hydrogen (secondary N) is 1. The van der Waals surface area contributed by atoms with Crippen molar-refractivity contribution in [3.63, 3.8) is 0 Å². The largest absolute Gasteiger partial charge is 0.317 e. The Hall–Kier alpha value is -0.540. The minimum absolute atomic E-state index is 0.0383. The number of hydrogen-bond donors (Lipinski definition) is 1. The SMILES string of the molecule is CCCn1ncc(Cl)c1C(C)(C)C1CCC(C)CC1NC. The van der Waals surface area contributed by atoms with Crippen molar-refractivity contribution in [3.8, 4) is 0 Å². The van der Waals surface area contributed by atoms with E-state index in [1.54, 1.807) is 0 Å². The molecular weight excluding hydrogens is 282 g/mol. The van der Waals surface area contributed by atoms with Gasteiger partial charge >= 0.3 is 0 Å². The van der Waals surface area contributed by atoms with Crippen LogP contribution in [0.4, 0.5) is 0 Å². The van der Waals surface area contributed by atoms with Crippen molar-refractivity contribution in [3.05, 3.63) is 16.9 Å². The Morgan fingerprint density at radius 2 is 2.14 bits per heavy atom. The number of hydrogen-bond acceptors (Lipinski definition) is 2. The van der Waals surface area contributed by atoms with Crippen LogP contribution in [0.3, 0.4) is 0 Å². The van der Waals surface area contributed by atoms with Crippen LogP contribution in [0.2, 0.25) is 5.02 Å². The van der Waals surface area contributed by atoms with Gasteiger partial charge in [0.1, 0.15) is 0 Å². The molecule has 1 aromatic rings. The maximum Gasteiger partial charge on any atom is 0.0823 e. The van der Waals surface area contributed by atoms with Crippen molar-refractivity contribution in [2.24, 2.45) is 11.8 Å². The van der Waals surface area contributed by atoms with E-state index in [0.717, 1.165) is 23.9 Å². The molecule has 4 heteroatoms. The first-order valence-electron chi connectivity index (χ1n) is 8.30. The highest BCUT2D eigenvalue weighted by Crippen LogP contribution is 2.44. The van der Waals surface area contributed by atoms with Gasteiger partial charge < -0.3 is 5.32 Å². The summed E-state index contributed by atoms with van der Waals surface area (Å²) < 4.78 is 2.12. The molecule has 0 amide bonds. The summed E-state index contributed by atoms with van der Waals surface area (Å²) in [5, 5.41) is 8.87. The lowest BCUT2D eigenvalue weighted by Crippen LogP contribution is -2.48. The van der Waals surface area contributed by atoms with Crippen molar-refractivity contribution < 1.29 is 0 Å². The Balaban J connectivity index is 2.34. The number of aryl methyl sites for hydroxylation is 1. The minimum atomic E-state index is 0.0383. The van der Waals surface area contributed by atoms with E-state index in [4.69, 9.17) is 11.6 Å². The van der Waals surface area contributed by atoms with Crippen molar-refractivity contribution in [1.82, 2.24) is 15.1 Å². The predicted octanol–water partition coefficient (Wildman–Crippen LogP) is 4.25. The molecule has 1 fully saturated rings. The third kappa shape index (κ3) is 3.29. The fourth-order valence-electron chi connectivity index (χ4n) is 4.12. The molecular formula is C17H30ClN3. The van der Waals surface area contributed by atoms with E-state index in [2.05, 4.69) is 49.8 Å². The molecule has 1 saturated carbocycles. The first-order chi connectivity index (χ1) is 9.91. The van der Waals surface area contributed by atoms with E-state index in [1.165, 1.54) is 25.0 Å². The lowest BCUT2D eigenvalue weighted by Gasteiger charge is -2.44. The molecule has 0 aliphatic heterocycles. The topological polar surface area (TPSA) is 29.9 Å².